The number of ether oxygens (including phenoxy) is 1. The van der Waals surface area contributed by atoms with Crippen molar-refractivity contribution in [3.05, 3.63) is 0 Å². The van der Waals surface area contributed by atoms with Gasteiger partial charge in [0.1, 0.15) is 0 Å². The van der Waals surface area contributed by atoms with Gasteiger partial charge in [0.25, 0.3) is 10.2 Å². The molecular weight excluding hydrogens is 244 g/mol. The molecule has 0 spiro atoms. The van der Waals surface area contributed by atoms with Gasteiger partial charge in [0.15, 0.2) is 0 Å². The smallest absolute Gasteiger partial charge is 0.282 e. The van der Waals surface area contributed by atoms with Gasteiger partial charge in [-0.05, 0) is 20.3 Å². The molecule has 1 saturated heterocycles. The van der Waals surface area contributed by atoms with Crippen LogP contribution in [-0.2, 0) is 14.9 Å². The van der Waals surface area contributed by atoms with E-state index >= 15 is 0 Å². The van der Waals surface area contributed by atoms with E-state index in [-0.39, 0.29) is 12.6 Å². The minimum absolute atomic E-state index is 0.00184. The van der Waals surface area contributed by atoms with Gasteiger partial charge in [0.2, 0.25) is 0 Å². The average Bonchev–Trinajstić information content (AvgIpc) is 2.30. The van der Waals surface area contributed by atoms with E-state index in [1.54, 1.807) is 0 Å². The summed E-state index contributed by atoms with van der Waals surface area (Å²) in [6, 6.07) is -0.102. The zero-order valence-electron chi connectivity index (χ0n) is 10.5. The summed E-state index contributed by atoms with van der Waals surface area (Å²) in [6.07, 6.45) is 0.460. The molecule has 0 aromatic carbocycles. The summed E-state index contributed by atoms with van der Waals surface area (Å²) in [5, 5.41) is 8.82. The summed E-state index contributed by atoms with van der Waals surface area (Å²) in [5.74, 6) is 0. The Kier molecular flexibility index (Phi) is 5.81. The molecule has 0 aromatic rings. The summed E-state index contributed by atoms with van der Waals surface area (Å²) < 4.78 is 32.7. The Labute approximate surface area is 103 Å². The Hall–Kier alpha value is -0.210. The zero-order chi connectivity index (χ0) is 12.9. The van der Waals surface area contributed by atoms with E-state index in [2.05, 4.69) is 0 Å². The fraction of sp³-hybridized carbons (Fsp3) is 1.00. The van der Waals surface area contributed by atoms with Gasteiger partial charge in [-0.2, -0.15) is 17.0 Å². The quantitative estimate of drug-likeness (QED) is 0.714. The molecule has 7 heteroatoms. The van der Waals surface area contributed by atoms with E-state index < -0.39 is 10.2 Å². The van der Waals surface area contributed by atoms with Gasteiger partial charge in [0.05, 0.1) is 13.2 Å². The van der Waals surface area contributed by atoms with Crippen LogP contribution in [0, 0.1) is 0 Å². The lowest BCUT2D eigenvalue weighted by Gasteiger charge is -2.34. The predicted octanol–water partition coefficient (Wildman–Crippen LogP) is -0.344. The summed E-state index contributed by atoms with van der Waals surface area (Å²) >= 11 is 0. The fourth-order valence-electron chi connectivity index (χ4n) is 1.79. The number of rotatable bonds is 6. The van der Waals surface area contributed by atoms with Crippen molar-refractivity contribution >= 4 is 10.2 Å². The van der Waals surface area contributed by atoms with Crippen molar-refractivity contribution in [1.29, 1.82) is 0 Å². The molecule has 17 heavy (non-hydrogen) atoms. The van der Waals surface area contributed by atoms with E-state index in [1.165, 1.54) is 8.61 Å². The minimum atomic E-state index is -3.42. The van der Waals surface area contributed by atoms with Crippen molar-refractivity contribution in [3.63, 3.8) is 0 Å². The summed E-state index contributed by atoms with van der Waals surface area (Å²) in [5.41, 5.74) is 0. The number of nitrogens with zero attached hydrogens (tertiary/aromatic N) is 2. The van der Waals surface area contributed by atoms with Gasteiger partial charge in [-0.25, -0.2) is 0 Å². The number of aliphatic hydroxyl groups excluding tert-OH is 1. The van der Waals surface area contributed by atoms with Crippen LogP contribution in [-0.4, -0.2) is 67.6 Å². The highest BCUT2D eigenvalue weighted by Gasteiger charge is 2.32. The monoisotopic (exact) mass is 266 g/mol. The molecule has 1 heterocycles. The van der Waals surface area contributed by atoms with Crippen molar-refractivity contribution in [2.75, 3.05) is 39.5 Å². The first kappa shape index (κ1) is 14.8. The number of hydrogen-bond donors (Lipinski definition) is 1. The van der Waals surface area contributed by atoms with Gasteiger partial charge in [-0.1, -0.05) is 0 Å². The van der Waals surface area contributed by atoms with Crippen LogP contribution in [0.25, 0.3) is 0 Å². The molecule has 6 nitrogen and oxygen atoms in total. The van der Waals surface area contributed by atoms with E-state index in [4.69, 9.17) is 9.84 Å². The SMILES string of the molecule is CC(C)N(CCCO)S(=O)(=O)N1CCOCC1. The molecule has 1 aliphatic heterocycles. The standard InChI is InChI=1S/C10H22N2O4S/c1-10(2)12(4-3-7-13)17(14,15)11-5-8-16-9-6-11/h10,13H,3-9H2,1-2H3. The third-order valence-electron chi connectivity index (χ3n) is 2.71. The van der Waals surface area contributed by atoms with E-state index in [0.29, 0.717) is 39.3 Å². The Morgan fingerprint density at radius 1 is 1.35 bits per heavy atom. The maximum atomic E-state index is 12.3. The molecule has 1 N–H and O–H groups in total. The Bertz CT molecular complexity index is 312. The van der Waals surface area contributed by atoms with Crippen molar-refractivity contribution in [2.24, 2.45) is 0 Å². The number of morpholine rings is 1. The largest absolute Gasteiger partial charge is 0.396 e. The Morgan fingerprint density at radius 3 is 2.41 bits per heavy atom. The maximum Gasteiger partial charge on any atom is 0.282 e. The molecule has 1 fully saturated rings. The van der Waals surface area contributed by atoms with Gasteiger partial charge in [-0.3, -0.25) is 0 Å². The molecule has 0 radical (unpaired) electrons. The molecule has 0 saturated carbocycles. The van der Waals surface area contributed by atoms with Crippen LogP contribution >= 0.6 is 0 Å². The summed E-state index contributed by atoms with van der Waals surface area (Å²) in [6.45, 7) is 5.76. The molecule has 0 atom stereocenters. The van der Waals surface area contributed by atoms with Crippen LogP contribution in [0.4, 0.5) is 0 Å². The van der Waals surface area contributed by atoms with Crippen molar-refractivity contribution in [3.8, 4) is 0 Å². The van der Waals surface area contributed by atoms with Crippen LogP contribution < -0.4 is 0 Å². The third-order valence-corrected chi connectivity index (χ3v) is 4.92. The topological polar surface area (TPSA) is 70.1 Å². The van der Waals surface area contributed by atoms with Crippen molar-refractivity contribution in [2.45, 2.75) is 26.3 Å². The predicted molar refractivity (Wildman–Crippen MR) is 64.9 cm³/mol. The van der Waals surface area contributed by atoms with Crippen LogP contribution in [0.15, 0.2) is 0 Å². The highest BCUT2D eigenvalue weighted by Crippen LogP contribution is 2.14. The first-order chi connectivity index (χ1) is 8.00. The van der Waals surface area contributed by atoms with E-state index in [0.717, 1.165) is 0 Å². The highest BCUT2D eigenvalue weighted by molar-refractivity contribution is 7.86. The van der Waals surface area contributed by atoms with Crippen LogP contribution in [0.5, 0.6) is 0 Å². The summed E-state index contributed by atoms with van der Waals surface area (Å²) in [7, 11) is -3.42. The van der Waals surface area contributed by atoms with Gasteiger partial charge < -0.3 is 9.84 Å². The normalized spacial score (nSPS) is 19.1. The Morgan fingerprint density at radius 2 is 1.94 bits per heavy atom. The lowest BCUT2D eigenvalue weighted by molar-refractivity contribution is 0.0693. The molecule has 0 aliphatic carbocycles. The third kappa shape index (κ3) is 3.89. The first-order valence-electron chi connectivity index (χ1n) is 5.95. The molecule has 1 aliphatic rings. The second-order valence-electron chi connectivity index (χ2n) is 4.30. The molecule has 0 amide bonds. The van der Waals surface area contributed by atoms with Crippen LogP contribution in [0.2, 0.25) is 0 Å². The van der Waals surface area contributed by atoms with Gasteiger partial charge in [-0.15, -0.1) is 0 Å². The van der Waals surface area contributed by atoms with Crippen molar-refractivity contribution < 1.29 is 18.3 Å². The molecular formula is C10H22N2O4S. The average molecular weight is 266 g/mol. The number of hydrogen-bond acceptors (Lipinski definition) is 4. The second kappa shape index (κ2) is 6.65. The first-order valence-corrected chi connectivity index (χ1v) is 7.35. The minimum Gasteiger partial charge on any atom is -0.396 e. The van der Waals surface area contributed by atoms with Crippen LogP contribution in [0.3, 0.4) is 0 Å². The lowest BCUT2D eigenvalue weighted by Crippen LogP contribution is -2.51. The Balaban J connectivity index is 2.75. The van der Waals surface area contributed by atoms with E-state index in [9.17, 15) is 8.42 Å². The maximum absolute atomic E-state index is 12.3. The van der Waals surface area contributed by atoms with Crippen molar-refractivity contribution in [1.82, 2.24) is 8.61 Å². The lowest BCUT2D eigenvalue weighted by atomic mass is 10.3. The summed E-state index contributed by atoms with van der Waals surface area (Å²) in [4.78, 5) is 0. The number of aliphatic hydroxyl groups is 1. The molecule has 0 bridgehead atoms. The van der Waals surface area contributed by atoms with Gasteiger partial charge in [0, 0.05) is 32.3 Å². The van der Waals surface area contributed by atoms with Gasteiger partial charge >= 0.3 is 0 Å². The van der Waals surface area contributed by atoms with E-state index in [1.807, 2.05) is 13.8 Å². The molecule has 0 aromatic heterocycles. The second-order valence-corrected chi connectivity index (χ2v) is 6.18. The molecule has 102 valence electrons. The molecule has 1 rings (SSSR count). The molecule has 0 unspecified atom stereocenters. The van der Waals surface area contributed by atoms with Crippen LogP contribution in [0.1, 0.15) is 20.3 Å². The zero-order valence-corrected chi connectivity index (χ0v) is 11.3. The highest BCUT2D eigenvalue weighted by atomic mass is 32.2. The fourth-order valence-corrected chi connectivity index (χ4v) is 3.59.